The van der Waals surface area contributed by atoms with Crippen molar-refractivity contribution in [1.29, 1.82) is 0 Å². The van der Waals surface area contributed by atoms with Crippen LogP contribution in [0.4, 0.5) is 0 Å². The van der Waals surface area contributed by atoms with E-state index in [2.05, 4.69) is 16.7 Å². The number of aromatic nitrogens is 1. The zero-order valence-corrected chi connectivity index (χ0v) is 9.18. The predicted molar refractivity (Wildman–Crippen MR) is 63.0 cm³/mol. The van der Waals surface area contributed by atoms with Crippen LogP contribution < -0.4 is 0 Å². The molecule has 1 unspecified atom stereocenters. The van der Waals surface area contributed by atoms with Crippen molar-refractivity contribution in [1.82, 2.24) is 4.57 Å². The van der Waals surface area contributed by atoms with Gasteiger partial charge in [-0.25, -0.2) is 0 Å². The van der Waals surface area contributed by atoms with Gasteiger partial charge in [0, 0.05) is 29.1 Å². The summed E-state index contributed by atoms with van der Waals surface area (Å²) >= 11 is 0. The van der Waals surface area contributed by atoms with E-state index in [-0.39, 0.29) is 11.7 Å². The van der Waals surface area contributed by atoms with Gasteiger partial charge in [0.1, 0.15) is 0 Å². The van der Waals surface area contributed by atoms with Crippen LogP contribution in [-0.2, 0) is 6.42 Å². The number of Topliss-reactive ketones (excluding diaryl/α,β-unsaturated/α-hetero) is 1. The van der Waals surface area contributed by atoms with Gasteiger partial charge in [0.05, 0.1) is 0 Å². The fourth-order valence-corrected chi connectivity index (χ4v) is 2.38. The Hall–Kier alpha value is -1.83. The van der Waals surface area contributed by atoms with Crippen molar-refractivity contribution in [3.63, 3.8) is 0 Å². The van der Waals surface area contributed by atoms with Crippen LogP contribution in [0.5, 0.6) is 0 Å². The van der Waals surface area contributed by atoms with Crippen LogP contribution >= 0.6 is 0 Å². The zero-order chi connectivity index (χ0) is 11.1. The van der Waals surface area contributed by atoms with E-state index in [1.165, 1.54) is 0 Å². The van der Waals surface area contributed by atoms with Gasteiger partial charge in [0.2, 0.25) is 0 Å². The first-order chi connectivity index (χ1) is 7.77. The zero-order valence-electron chi connectivity index (χ0n) is 9.18. The first kappa shape index (κ1) is 9.40. The van der Waals surface area contributed by atoms with E-state index in [1.807, 2.05) is 37.4 Å². The number of benzene rings is 1. The van der Waals surface area contributed by atoms with Crippen molar-refractivity contribution in [3.8, 4) is 5.69 Å². The van der Waals surface area contributed by atoms with Gasteiger partial charge in [-0.3, -0.25) is 4.79 Å². The molecule has 80 valence electrons. The number of rotatable bonds is 1. The van der Waals surface area contributed by atoms with Crippen molar-refractivity contribution in [3.05, 3.63) is 53.9 Å². The Balaban J connectivity index is 2.13. The summed E-state index contributed by atoms with van der Waals surface area (Å²) in [5.74, 6) is 0.422. The summed E-state index contributed by atoms with van der Waals surface area (Å²) < 4.78 is 2.12. The molecule has 1 aliphatic carbocycles. The van der Waals surface area contributed by atoms with Gasteiger partial charge in [-0.2, -0.15) is 0 Å². The molecule has 0 aliphatic heterocycles. The molecule has 2 heteroatoms. The molecule has 0 radical (unpaired) electrons. The molecule has 0 saturated heterocycles. The van der Waals surface area contributed by atoms with Crippen molar-refractivity contribution in [2.75, 3.05) is 0 Å². The lowest BCUT2D eigenvalue weighted by Gasteiger charge is -2.07. The number of hydrogen-bond acceptors (Lipinski definition) is 1. The lowest BCUT2D eigenvalue weighted by molar-refractivity contribution is 0.0946. The second-order valence-corrected chi connectivity index (χ2v) is 4.35. The topological polar surface area (TPSA) is 22.0 Å². The molecule has 0 N–H and O–H groups in total. The number of hydrogen-bond donors (Lipinski definition) is 0. The molecule has 2 nitrogen and oxygen atoms in total. The second kappa shape index (κ2) is 3.34. The van der Waals surface area contributed by atoms with Crippen LogP contribution in [0, 0.1) is 5.92 Å². The van der Waals surface area contributed by atoms with Crippen molar-refractivity contribution in [2.45, 2.75) is 13.3 Å². The highest BCUT2D eigenvalue weighted by atomic mass is 16.1. The van der Waals surface area contributed by atoms with Crippen LogP contribution in [0.1, 0.15) is 23.0 Å². The predicted octanol–water partition coefficient (Wildman–Crippen LogP) is 2.85. The minimum Gasteiger partial charge on any atom is -0.320 e. The van der Waals surface area contributed by atoms with E-state index in [4.69, 9.17) is 0 Å². The largest absolute Gasteiger partial charge is 0.320 e. The highest BCUT2D eigenvalue weighted by Gasteiger charge is 2.29. The van der Waals surface area contributed by atoms with Crippen molar-refractivity contribution in [2.24, 2.45) is 5.92 Å². The van der Waals surface area contributed by atoms with Crippen molar-refractivity contribution < 1.29 is 4.79 Å². The van der Waals surface area contributed by atoms with Crippen LogP contribution in [0.15, 0.2) is 42.6 Å². The third kappa shape index (κ3) is 1.23. The van der Waals surface area contributed by atoms with Gasteiger partial charge >= 0.3 is 0 Å². The third-order valence-electron chi connectivity index (χ3n) is 3.24. The summed E-state index contributed by atoms with van der Waals surface area (Å²) in [4.78, 5) is 11.8. The quantitative estimate of drug-likeness (QED) is 0.711. The van der Waals surface area contributed by atoms with E-state index in [0.29, 0.717) is 0 Å². The maximum atomic E-state index is 11.8. The lowest BCUT2D eigenvalue weighted by Crippen LogP contribution is -2.04. The maximum absolute atomic E-state index is 11.8. The molecule has 0 fully saturated rings. The lowest BCUT2D eigenvalue weighted by atomic mass is 10.1. The summed E-state index contributed by atoms with van der Waals surface area (Å²) in [6, 6.07) is 12.1. The molecule has 1 heterocycles. The highest BCUT2D eigenvalue weighted by Crippen LogP contribution is 2.29. The van der Waals surface area contributed by atoms with Crippen LogP contribution in [0.2, 0.25) is 0 Å². The molecule has 3 rings (SSSR count). The van der Waals surface area contributed by atoms with Gasteiger partial charge in [-0.1, -0.05) is 25.1 Å². The van der Waals surface area contributed by atoms with Gasteiger partial charge in [-0.15, -0.1) is 0 Å². The fourth-order valence-electron chi connectivity index (χ4n) is 2.38. The average molecular weight is 211 g/mol. The number of carbonyl (C=O) groups is 1. The Kier molecular flexibility index (Phi) is 1.96. The van der Waals surface area contributed by atoms with E-state index in [1.54, 1.807) is 0 Å². The van der Waals surface area contributed by atoms with Gasteiger partial charge in [-0.05, 0) is 24.6 Å². The Morgan fingerprint density at radius 2 is 1.94 bits per heavy atom. The number of ketones is 1. The Morgan fingerprint density at radius 1 is 1.19 bits per heavy atom. The SMILES string of the molecule is CC1Cc2c(ccn2-c2ccccc2)C1=O. The monoisotopic (exact) mass is 211 g/mol. The third-order valence-corrected chi connectivity index (χ3v) is 3.24. The van der Waals surface area contributed by atoms with E-state index in [9.17, 15) is 4.79 Å². The molecule has 1 aromatic heterocycles. The molecule has 0 spiro atoms. The highest BCUT2D eigenvalue weighted by molar-refractivity contribution is 6.01. The Morgan fingerprint density at radius 3 is 2.69 bits per heavy atom. The van der Waals surface area contributed by atoms with Gasteiger partial charge in [0.25, 0.3) is 0 Å². The van der Waals surface area contributed by atoms with Gasteiger partial charge < -0.3 is 4.57 Å². The average Bonchev–Trinajstić information content (AvgIpc) is 2.83. The number of para-hydroxylation sites is 1. The molecule has 0 bridgehead atoms. The normalized spacial score (nSPS) is 18.8. The van der Waals surface area contributed by atoms with E-state index in [0.717, 1.165) is 23.4 Å². The van der Waals surface area contributed by atoms with E-state index >= 15 is 0 Å². The minimum absolute atomic E-state index is 0.140. The summed E-state index contributed by atoms with van der Waals surface area (Å²) in [5.41, 5.74) is 3.19. The summed E-state index contributed by atoms with van der Waals surface area (Å²) in [6.45, 7) is 2.00. The molecule has 16 heavy (non-hydrogen) atoms. The number of carbonyl (C=O) groups excluding carboxylic acids is 1. The van der Waals surface area contributed by atoms with E-state index < -0.39 is 0 Å². The Bertz CT molecular complexity index is 539. The van der Waals surface area contributed by atoms with Crippen LogP contribution in [-0.4, -0.2) is 10.4 Å². The molecule has 1 aliphatic rings. The molecule has 1 aromatic carbocycles. The number of fused-ring (bicyclic) bond motifs is 1. The minimum atomic E-state index is 0.140. The fraction of sp³-hybridized carbons (Fsp3) is 0.214. The molecule has 0 saturated carbocycles. The summed E-state index contributed by atoms with van der Waals surface area (Å²) in [7, 11) is 0. The smallest absolute Gasteiger partial charge is 0.167 e. The summed E-state index contributed by atoms with van der Waals surface area (Å²) in [5, 5.41) is 0. The molecule has 1 atom stereocenters. The Labute approximate surface area is 94.5 Å². The number of nitrogens with zero attached hydrogens (tertiary/aromatic N) is 1. The molecule has 0 amide bonds. The van der Waals surface area contributed by atoms with Gasteiger partial charge in [0.15, 0.2) is 5.78 Å². The molecular weight excluding hydrogens is 198 g/mol. The summed E-state index contributed by atoms with van der Waals surface area (Å²) in [6.07, 6.45) is 2.85. The molecule has 2 aromatic rings. The second-order valence-electron chi connectivity index (χ2n) is 4.35. The van der Waals surface area contributed by atoms with Crippen molar-refractivity contribution >= 4 is 5.78 Å². The first-order valence-electron chi connectivity index (χ1n) is 5.57. The van der Waals surface area contributed by atoms with Crippen LogP contribution in [0.3, 0.4) is 0 Å². The first-order valence-corrected chi connectivity index (χ1v) is 5.57. The standard InChI is InChI=1S/C14H13NO/c1-10-9-13-12(14(10)16)7-8-15(13)11-5-3-2-4-6-11/h2-8,10H,9H2,1H3. The maximum Gasteiger partial charge on any atom is 0.167 e. The van der Waals surface area contributed by atoms with Crippen LogP contribution in [0.25, 0.3) is 5.69 Å². The molecular formula is C14H13NO.